The van der Waals surface area contributed by atoms with Crippen LogP contribution >= 0.6 is 0 Å². The van der Waals surface area contributed by atoms with E-state index in [1.807, 2.05) is 0 Å². The first-order chi connectivity index (χ1) is 5.45. The molecule has 0 radical (unpaired) electrons. The van der Waals surface area contributed by atoms with Gasteiger partial charge in [0.25, 0.3) is 0 Å². The Kier molecular flexibility index (Phi) is 4.88. The lowest BCUT2D eigenvalue weighted by Gasteiger charge is -2.10. The summed E-state index contributed by atoms with van der Waals surface area (Å²) in [5, 5.41) is 2.32. The fourth-order valence-corrected chi connectivity index (χ4v) is 1.71. The average molecular weight is 193 g/mol. The Morgan fingerprint density at radius 1 is 1.58 bits per heavy atom. The zero-order valence-electron chi connectivity index (χ0n) is 7.82. The Bertz CT molecular complexity index is 147. The maximum atomic E-state index is 13.0. The molecule has 0 aromatic heterocycles. The summed E-state index contributed by atoms with van der Waals surface area (Å²) < 4.78 is 17.7. The third-order valence-corrected chi connectivity index (χ3v) is 2.90. The predicted molar refractivity (Wildman–Crippen MR) is 48.4 cm³/mol. The monoisotopic (exact) mass is 193 g/mol. The fourth-order valence-electron chi connectivity index (χ4n) is 0.730. The third kappa shape index (κ3) is 7.52. The second kappa shape index (κ2) is 5.13. The van der Waals surface area contributed by atoms with Crippen LogP contribution in [0.1, 0.15) is 6.42 Å². The molecule has 0 heterocycles. The number of carbonyl (C=O) groups is 1. The van der Waals surface area contributed by atoms with Crippen LogP contribution in [0, 0.1) is 0 Å². The lowest BCUT2D eigenvalue weighted by Crippen LogP contribution is -2.22. The number of carbonyl (C=O) groups excluding carboxylic acids is 1. The van der Waals surface area contributed by atoms with Crippen molar-refractivity contribution >= 4 is 14.5 Å². The smallest absolute Gasteiger partial charge is 0.406 e. The van der Waals surface area contributed by atoms with Crippen LogP contribution in [0.3, 0.4) is 0 Å². The van der Waals surface area contributed by atoms with Crippen molar-refractivity contribution in [3.8, 4) is 0 Å². The van der Waals surface area contributed by atoms with Gasteiger partial charge in [0.15, 0.2) is 0 Å². The largest absolute Gasteiger partial charge is 0.450 e. The van der Waals surface area contributed by atoms with Gasteiger partial charge in [-0.25, -0.2) is 4.79 Å². The molecule has 0 saturated heterocycles. The summed E-state index contributed by atoms with van der Waals surface area (Å²) in [6.07, 6.45) is 0.164. The Labute approximate surface area is 73.5 Å². The lowest BCUT2D eigenvalue weighted by molar-refractivity contribution is 0.148. The van der Waals surface area contributed by atoms with E-state index in [0.717, 1.165) is 0 Å². The zero-order valence-corrected chi connectivity index (χ0v) is 8.82. The molecule has 0 aliphatic rings. The molecule has 0 aromatic rings. The van der Waals surface area contributed by atoms with E-state index in [4.69, 9.17) is 4.74 Å². The van der Waals surface area contributed by atoms with Gasteiger partial charge in [-0.2, -0.15) is 0 Å². The molecule has 0 saturated carbocycles. The van der Waals surface area contributed by atoms with Crippen LogP contribution in [0.15, 0.2) is 0 Å². The maximum absolute atomic E-state index is 13.0. The van der Waals surface area contributed by atoms with Crippen molar-refractivity contribution in [2.75, 3.05) is 13.7 Å². The van der Waals surface area contributed by atoms with Crippen LogP contribution in [0.4, 0.5) is 8.90 Å². The minimum atomic E-state index is -2.45. The molecule has 0 spiro atoms. The van der Waals surface area contributed by atoms with E-state index in [9.17, 15) is 8.90 Å². The van der Waals surface area contributed by atoms with Gasteiger partial charge >= 0.3 is 6.09 Å². The van der Waals surface area contributed by atoms with E-state index in [-0.39, 0.29) is 0 Å². The molecule has 1 amide bonds. The van der Waals surface area contributed by atoms with Crippen molar-refractivity contribution in [1.82, 2.24) is 5.32 Å². The minimum absolute atomic E-state index is 0.306. The summed E-state index contributed by atoms with van der Waals surface area (Å²) >= 11 is 0. The van der Waals surface area contributed by atoms with Crippen LogP contribution in [0.2, 0.25) is 19.1 Å². The second-order valence-corrected chi connectivity index (χ2v) is 7.15. The van der Waals surface area contributed by atoms with Crippen LogP contribution < -0.4 is 5.32 Å². The predicted octanol–water partition coefficient (Wildman–Crippen LogP) is 1.91. The molecule has 0 fully saturated rings. The first kappa shape index (κ1) is 11.4. The van der Waals surface area contributed by atoms with Gasteiger partial charge in [-0.3, -0.25) is 0 Å². The van der Waals surface area contributed by atoms with Crippen LogP contribution in [0.5, 0.6) is 0 Å². The SMILES string of the molecule is CNC(=O)OCCC[Si](C)(C)F. The van der Waals surface area contributed by atoms with E-state index < -0.39 is 14.5 Å². The van der Waals surface area contributed by atoms with E-state index in [1.165, 1.54) is 7.05 Å². The average Bonchev–Trinajstić information content (AvgIpc) is 1.96. The van der Waals surface area contributed by atoms with Gasteiger partial charge in [0, 0.05) is 7.05 Å². The van der Waals surface area contributed by atoms with E-state index >= 15 is 0 Å². The molecule has 0 aliphatic carbocycles. The van der Waals surface area contributed by atoms with E-state index in [1.54, 1.807) is 13.1 Å². The Hall–Kier alpha value is -0.583. The van der Waals surface area contributed by atoms with Gasteiger partial charge < -0.3 is 14.2 Å². The molecule has 0 rings (SSSR count). The van der Waals surface area contributed by atoms with Crippen LogP contribution in [-0.4, -0.2) is 28.2 Å². The Balaban J connectivity index is 3.28. The molecule has 72 valence electrons. The van der Waals surface area contributed by atoms with Gasteiger partial charge in [-0.05, 0) is 25.6 Å². The number of ether oxygens (including phenoxy) is 1. The number of nitrogens with one attached hydrogen (secondary N) is 1. The molecule has 0 aromatic carbocycles. The van der Waals surface area contributed by atoms with Gasteiger partial charge in [-0.1, -0.05) is 0 Å². The number of amides is 1. The standard InChI is InChI=1S/C7H16FNO2Si/c1-9-7(10)11-5-4-6-12(2,3)8/h4-6H2,1-3H3,(H,9,10). The summed E-state index contributed by atoms with van der Waals surface area (Å²) in [5.74, 6) is 0. The number of halogens is 1. The molecule has 1 N–H and O–H groups in total. The van der Waals surface area contributed by atoms with Crippen LogP contribution in [0.25, 0.3) is 0 Å². The highest BCUT2D eigenvalue weighted by Gasteiger charge is 2.19. The molecule has 0 unspecified atom stereocenters. The van der Waals surface area contributed by atoms with Crippen LogP contribution in [-0.2, 0) is 4.74 Å². The highest BCUT2D eigenvalue weighted by molar-refractivity contribution is 6.70. The van der Waals surface area contributed by atoms with Crippen molar-refractivity contribution < 1.29 is 13.6 Å². The Morgan fingerprint density at radius 3 is 2.58 bits per heavy atom. The van der Waals surface area contributed by atoms with E-state index in [2.05, 4.69) is 5.32 Å². The topological polar surface area (TPSA) is 38.3 Å². The summed E-state index contributed by atoms with van der Waals surface area (Å²) in [6, 6.07) is 0.546. The highest BCUT2D eigenvalue weighted by Crippen LogP contribution is 2.12. The van der Waals surface area contributed by atoms with Gasteiger partial charge in [0.2, 0.25) is 8.41 Å². The molecular weight excluding hydrogens is 177 g/mol. The van der Waals surface area contributed by atoms with Crippen molar-refractivity contribution in [3.05, 3.63) is 0 Å². The summed E-state index contributed by atoms with van der Waals surface area (Å²) in [7, 11) is -0.955. The fraction of sp³-hybridized carbons (Fsp3) is 0.857. The zero-order chi connectivity index (χ0) is 9.61. The van der Waals surface area contributed by atoms with E-state index in [0.29, 0.717) is 19.1 Å². The Morgan fingerprint density at radius 2 is 2.17 bits per heavy atom. The summed E-state index contributed by atoms with van der Waals surface area (Å²) in [5.41, 5.74) is 0. The molecular formula is C7H16FNO2Si. The van der Waals surface area contributed by atoms with Gasteiger partial charge in [0.1, 0.15) is 0 Å². The van der Waals surface area contributed by atoms with Gasteiger partial charge in [-0.15, -0.1) is 0 Å². The molecule has 3 nitrogen and oxygen atoms in total. The summed E-state index contributed by atoms with van der Waals surface area (Å²) in [4.78, 5) is 10.5. The van der Waals surface area contributed by atoms with Crippen molar-refractivity contribution in [3.63, 3.8) is 0 Å². The number of alkyl carbamates (subject to hydrolysis) is 1. The number of rotatable bonds is 4. The van der Waals surface area contributed by atoms with Gasteiger partial charge in [0.05, 0.1) is 6.61 Å². The quantitative estimate of drug-likeness (QED) is 0.421. The molecule has 0 bridgehead atoms. The minimum Gasteiger partial charge on any atom is -0.450 e. The highest BCUT2D eigenvalue weighted by atomic mass is 28.4. The molecule has 12 heavy (non-hydrogen) atoms. The normalized spacial score (nSPS) is 11.0. The number of hydrogen-bond donors (Lipinski definition) is 1. The van der Waals surface area contributed by atoms with Crippen molar-refractivity contribution in [2.45, 2.75) is 25.6 Å². The third-order valence-electron chi connectivity index (χ3n) is 1.35. The first-order valence-electron chi connectivity index (χ1n) is 3.99. The molecule has 5 heteroatoms. The summed E-state index contributed by atoms with van der Waals surface area (Å²) in [6.45, 7) is 3.60. The lowest BCUT2D eigenvalue weighted by atomic mass is 10.5. The maximum Gasteiger partial charge on any atom is 0.406 e. The number of hydrogen-bond acceptors (Lipinski definition) is 2. The second-order valence-electron chi connectivity index (χ2n) is 3.21. The van der Waals surface area contributed by atoms with Crippen molar-refractivity contribution in [2.24, 2.45) is 0 Å². The van der Waals surface area contributed by atoms with Crippen molar-refractivity contribution in [1.29, 1.82) is 0 Å². The first-order valence-corrected chi connectivity index (χ1v) is 7.07. The molecule has 0 aliphatic heterocycles. The molecule has 0 atom stereocenters.